The summed E-state index contributed by atoms with van der Waals surface area (Å²) in [5.41, 5.74) is 0. The van der Waals surface area contributed by atoms with E-state index in [2.05, 4.69) is 4.98 Å². The summed E-state index contributed by atoms with van der Waals surface area (Å²) in [5.74, 6) is -0.591. The lowest BCUT2D eigenvalue weighted by Crippen LogP contribution is -1.86. The SMILES string of the molecule is Fc1cc(Cl)c(I)nc1Cl. The summed E-state index contributed by atoms with van der Waals surface area (Å²) in [6, 6.07) is 1.14. The Morgan fingerprint density at radius 1 is 1.50 bits per heavy atom. The molecule has 0 spiro atoms. The van der Waals surface area contributed by atoms with Gasteiger partial charge in [0.1, 0.15) is 3.70 Å². The second-order valence-corrected chi connectivity index (χ2v) is 3.32. The molecule has 0 aromatic carbocycles. The van der Waals surface area contributed by atoms with Crippen LogP contribution in [0.3, 0.4) is 0 Å². The summed E-state index contributed by atoms with van der Waals surface area (Å²) < 4.78 is 13.0. The van der Waals surface area contributed by atoms with Crippen LogP contribution in [0, 0.1) is 9.52 Å². The van der Waals surface area contributed by atoms with Crippen LogP contribution in [0.5, 0.6) is 0 Å². The Hall–Kier alpha value is 0.390. The highest BCUT2D eigenvalue weighted by Crippen LogP contribution is 2.21. The first-order chi connectivity index (χ1) is 4.61. The fraction of sp³-hybridized carbons (Fsp3) is 0. The second-order valence-electron chi connectivity index (χ2n) is 1.53. The zero-order valence-electron chi connectivity index (χ0n) is 4.54. The van der Waals surface area contributed by atoms with E-state index in [4.69, 9.17) is 23.2 Å². The smallest absolute Gasteiger partial charge is 0.165 e. The van der Waals surface area contributed by atoms with Crippen LogP contribution in [0.15, 0.2) is 6.07 Å². The van der Waals surface area contributed by atoms with E-state index < -0.39 is 5.82 Å². The molecular weight excluding hydrogens is 291 g/mol. The molecule has 0 N–H and O–H groups in total. The number of halogens is 4. The van der Waals surface area contributed by atoms with Crippen LogP contribution >= 0.6 is 45.8 Å². The largest absolute Gasteiger partial charge is 0.225 e. The minimum absolute atomic E-state index is 0.145. The average molecular weight is 292 g/mol. The normalized spacial score (nSPS) is 10.0. The molecule has 0 aliphatic heterocycles. The van der Waals surface area contributed by atoms with Crippen LogP contribution < -0.4 is 0 Å². The van der Waals surface area contributed by atoms with E-state index in [1.807, 2.05) is 22.6 Å². The van der Waals surface area contributed by atoms with Crippen molar-refractivity contribution in [3.05, 3.63) is 25.8 Å². The van der Waals surface area contributed by atoms with Crippen molar-refractivity contribution in [2.75, 3.05) is 0 Å². The van der Waals surface area contributed by atoms with Crippen molar-refractivity contribution in [1.82, 2.24) is 4.98 Å². The first-order valence-electron chi connectivity index (χ1n) is 2.28. The van der Waals surface area contributed by atoms with Crippen molar-refractivity contribution in [3.63, 3.8) is 0 Å². The first-order valence-corrected chi connectivity index (χ1v) is 4.12. The van der Waals surface area contributed by atoms with Gasteiger partial charge < -0.3 is 0 Å². The third-order valence-corrected chi connectivity index (χ3v) is 2.54. The van der Waals surface area contributed by atoms with Crippen LogP contribution in [0.25, 0.3) is 0 Å². The maximum atomic E-state index is 12.5. The van der Waals surface area contributed by atoms with Crippen molar-refractivity contribution in [2.45, 2.75) is 0 Å². The molecule has 0 amide bonds. The third-order valence-electron chi connectivity index (χ3n) is 0.844. The van der Waals surface area contributed by atoms with Gasteiger partial charge in [-0.05, 0) is 28.7 Å². The Labute approximate surface area is 80.7 Å². The van der Waals surface area contributed by atoms with Crippen molar-refractivity contribution < 1.29 is 4.39 Å². The average Bonchev–Trinajstić information content (AvgIpc) is 1.84. The predicted molar refractivity (Wildman–Crippen MR) is 46.9 cm³/mol. The molecule has 54 valence electrons. The van der Waals surface area contributed by atoms with Crippen molar-refractivity contribution >= 4 is 45.8 Å². The molecule has 1 rings (SSSR count). The fourth-order valence-corrected chi connectivity index (χ4v) is 1.24. The second kappa shape index (κ2) is 3.19. The van der Waals surface area contributed by atoms with Gasteiger partial charge in [0.25, 0.3) is 0 Å². The minimum atomic E-state index is -0.591. The zero-order valence-corrected chi connectivity index (χ0v) is 8.21. The molecule has 1 aromatic heterocycles. The third kappa shape index (κ3) is 1.71. The summed E-state index contributed by atoms with van der Waals surface area (Å²) in [6.45, 7) is 0. The van der Waals surface area contributed by atoms with E-state index in [1.165, 1.54) is 0 Å². The molecule has 1 nitrogen and oxygen atoms in total. The highest BCUT2D eigenvalue weighted by atomic mass is 127. The van der Waals surface area contributed by atoms with Crippen molar-refractivity contribution in [2.24, 2.45) is 0 Å². The topological polar surface area (TPSA) is 12.9 Å². The number of pyridine rings is 1. The summed E-state index contributed by atoms with van der Waals surface area (Å²) in [6.07, 6.45) is 0. The Morgan fingerprint density at radius 3 is 2.60 bits per heavy atom. The molecule has 0 saturated carbocycles. The summed E-state index contributed by atoms with van der Waals surface area (Å²) in [7, 11) is 0. The van der Waals surface area contributed by atoms with E-state index in [0.717, 1.165) is 6.07 Å². The van der Waals surface area contributed by atoms with Gasteiger partial charge in [-0.25, -0.2) is 9.37 Å². The van der Waals surface area contributed by atoms with Crippen LogP contribution in [0.1, 0.15) is 0 Å². The number of aromatic nitrogens is 1. The summed E-state index contributed by atoms with van der Waals surface area (Å²) in [5, 5.41) is 0.135. The van der Waals surface area contributed by atoms with Gasteiger partial charge in [0.15, 0.2) is 11.0 Å². The van der Waals surface area contributed by atoms with Crippen LogP contribution in [-0.4, -0.2) is 4.98 Å². The van der Waals surface area contributed by atoms with E-state index >= 15 is 0 Å². The Balaban J connectivity index is 3.28. The standard InChI is InChI=1S/C5HCl2FIN/c6-2-1-3(8)4(7)10-5(2)9/h1H. The molecule has 0 unspecified atom stereocenters. The van der Waals surface area contributed by atoms with Crippen LogP contribution in [-0.2, 0) is 0 Å². The minimum Gasteiger partial charge on any atom is -0.225 e. The van der Waals surface area contributed by atoms with E-state index in [-0.39, 0.29) is 10.2 Å². The number of rotatable bonds is 0. The van der Waals surface area contributed by atoms with Gasteiger partial charge in [0.05, 0.1) is 5.02 Å². The molecule has 0 fully saturated rings. The fourth-order valence-electron chi connectivity index (χ4n) is 0.423. The maximum absolute atomic E-state index is 12.5. The molecule has 0 aliphatic rings. The van der Waals surface area contributed by atoms with Gasteiger partial charge >= 0.3 is 0 Å². The first kappa shape index (κ1) is 8.49. The lowest BCUT2D eigenvalue weighted by atomic mass is 10.5. The van der Waals surface area contributed by atoms with Crippen LogP contribution in [0.4, 0.5) is 4.39 Å². The number of hydrogen-bond donors (Lipinski definition) is 0. The molecule has 0 bridgehead atoms. The van der Waals surface area contributed by atoms with Gasteiger partial charge in [0, 0.05) is 0 Å². The number of nitrogens with zero attached hydrogens (tertiary/aromatic N) is 1. The maximum Gasteiger partial charge on any atom is 0.165 e. The Morgan fingerprint density at radius 2 is 2.10 bits per heavy atom. The van der Waals surface area contributed by atoms with E-state index in [1.54, 1.807) is 0 Å². The van der Waals surface area contributed by atoms with Crippen molar-refractivity contribution in [1.29, 1.82) is 0 Å². The lowest BCUT2D eigenvalue weighted by molar-refractivity contribution is 0.621. The van der Waals surface area contributed by atoms with E-state index in [9.17, 15) is 4.39 Å². The molecular formula is C5HCl2FIN. The predicted octanol–water partition coefficient (Wildman–Crippen LogP) is 3.13. The summed E-state index contributed by atoms with van der Waals surface area (Å²) in [4.78, 5) is 3.62. The van der Waals surface area contributed by atoms with E-state index in [0.29, 0.717) is 3.70 Å². The van der Waals surface area contributed by atoms with Crippen LogP contribution in [0.2, 0.25) is 10.2 Å². The van der Waals surface area contributed by atoms with Gasteiger partial charge in [-0.2, -0.15) is 0 Å². The zero-order chi connectivity index (χ0) is 7.72. The van der Waals surface area contributed by atoms with Gasteiger partial charge in [-0.3, -0.25) is 0 Å². The van der Waals surface area contributed by atoms with Gasteiger partial charge in [0.2, 0.25) is 0 Å². The molecule has 0 radical (unpaired) electrons. The summed E-state index contributed by atoms with van der Waals surface area (Å²) >= 11 is 12.7. The quantitative estimate of drug-likeness (QED) is 0.529. The number of hydrogen-bond acceptors (Lipinski definition) is 1. The Bertz CT molecular complexity index is 216. The molecule has 1 aromatic rings. The molecule has 0 aliphatic carbocycles. The highest BCUT2D eigenvalue weighted by Gasteiger charge is 2.05. The monoisotopic (exact) mass is 291 g/mol. The molecule has 5 heteroatoms. The van der Waals surface area contributed by atoms with Gasteiger partial charge in [-0.1, -0.05) is 23.2 Å². The molecule has 10 heavy (non-hydrogen) atoms. The highest BCUT2D eigenvalue weighted by molar-refractivity contribution is 14.1. The lowest BCUT2D eigenvalue weighted by Gasteiger charge is -1.95. The molecule has 1 heterocycles. The molecule has 0 saturated heterocycles. The van der Waals surface area contributed by atoms with Gasteiger partial charge in [-0.15, -0.1) is 0 Å². The van der Waals surface area contributed by atoms with Crippen molar-refractivity contribution in [3.8, 4) is 0 Å². The molecule has 0 atom stereocenters. The Kier molecular flexibility index (Phi) is 2.71.